The van der Waals surface area contributed by atoms with Gasteiger partial charge in [0.2, 0.25) is 5.69 Å². The number of amides is 4. The van der Waals surface area contributed by atoms with Crippen LogP contribution >= 0.6 is 22.7 Å². The molecule has 2 aromatic carbocycles. The Morgan fingerprint density at radius 2 is 1.15 bits per heavy atom. The highest BCUT2D eigenvalue weighted by atomic mass is 32.3. The zero-order valence-electron chi connectivity index (χ0n) is 50.6. The second kappa shape index (κ2) is 27.0. The van der Waals surface area contributed by atoms with E-state index >= 15 is 0 Å². The first-order valence-electron chi connectivity index (χ1n) is 29.1. The lowest BCUT2D eigenvalue weighted by molar-refractivity contribution is -0.436. The maximum absolute atomic E-state index is 13.7. The largest absolute Gasteiger partial charge is 0.481 e. The maximum Gasteiger partial charge on any atom is 0.304 e. The van der Waals surface area contributed by atoms with E-state index in [0.29, 0.717) is 67.6 Å². The topological polar surface area (TPSA) is 349 Å². The summed E-state index contributed by atoms with van der Waals surface area (Å²) >= 11 is 2.33. The number of rotatable bonds is 27. The third-order valence-corrected chi connectivity index (χ3v) is 20.6. The fourth-order valence-electron chi connectivity index (χ4n) is 11.4. The molecule has 4 aromatic heterocycles. The molecule has 0 saturated carbocycles. The number of carboxylic acids is 1. The molecule has 0 saturated heterocycles. The van der Waals surface area contributed by atoms with Gasteiger partial charge in [-0.25, -0.2) is 9.97 Å². The number of fused-ring (bicyclic) bond motifs is 6. The zero-order valence-corrected chi connectivity index (χ0v) is 54.6. The first kappa shape index (κ1) is 67.6. The van der Waals surface area contributed by atoms with Gasteiger partial charge in [0.1, 0.15) is 33.5 Å². The second-order valence-corrected chi connectivity index (χ2v) is 29.9. The van der Waals surface area contributed by atoms with Gasteiger partial charge in [0.25, 0.3) is 43.9 Å². The highest BCUT2D eigenvalue weighted by molar-refractivity contribution is 7.88. The van der Waals surface area contributed by atoms with Crippen molar-refractivity contribution in [3.05, 3.63) is 111 Å². The first-order chi connectivity index (χ1) is 41.8. The molecule has 0 atom stereocenters. The van der Waals surface area contributed by atoms with E-state index in [1.807, 2.05) is 32.9 Å². The zero-order chi connectivity index (χ0) is 65.1. The van der Waals surface area contributed by atoms with Crippen molar-refractivity contribution >= 4 is 120 Å². The Morgan fingerprint density at radius 3 is 1.64 bits per heavy atom. The molecule has 6 heterocycles. The number of hydrogen-bond acceptors (Lipinski definition) is 16. The molecule has 2 aliphatic heterocycles. The molecule has 89 heavy (non-hydrogen) atoms. The number of aryl methyl sites for hydroxylation is 1. The minimum atomic E-state index is -4.88. The number of unbranched alkanes of at least 4 members (excludes halogenated alkanes) is 4. The number of aromatic nitrogens is 2. The smallest absolute Gasteiger partial charge is 0.304 e. The van der Waals surface area contributed by atoms with Crippen molar-refractivity contribution < 1.29 is 72.6 Å². The van der Waals surface area contributed by atoms with E-state index in [1.54, 1.807) is 43.4 Å². The number of nitrogens with one attached hydrogen (secondary N) is 4. The molecule has 6 aromatic rings. The number of carboxylic acid groups (broad SMARTS) is 1. The number of carbonyl (C=O) groups is 5. The number of hydrogen-bond donors (Lipinski definition) is 8. The summed E-state index contributed by atoms with van der Waals surface area (Å²) in [5, 5.41) is 21.2. The van der Waals surface area contributed by atoms with Crippen LogP contribution in [-0.4, -0.2) is 145 Å². The van der Waals surface area contributed by atoms with E-state index in [-0.39, 0.29) is 33.6 Å². The molecule has 0 bridgehead atoms. The van der Waals surface area contributed by atoms with E-state index in [9.17, 15) is 68.0 Å². The van der Waals surface area contributed by atoms with E-state index in [0.717, 1.165) is 73.8 Å². The van der Waals surface area contributed by atoms with Crippen molar-refractivity contribution in [2.75, 3.05) is 55.7 Å². The Morgan fingerprint density at radius 1 is 0.629 bits per heavy atom. The molecular formula is C61H73N8O15S5+. The Bertz CT molecular complexity index is 4190. The van der Waals surface area contributed by atoms with Gasteiger partial charge in [-0.3, -0.25) is 37.6 Å². The fourth-order valence-corrected chi connectivity index (χ4v) is 15.0. The van der Waals surface area contributed by atoms with E-state index in [2.05, 4.69) is 79.7 Å². The summed E-state index contributed by atoms with van der Waals surface area (Å²) in [6, 6.07) is 13.5. The van der Waals surface area contributed by atoms with Crippen LogP contribution in [0.15, 0.2) is 76.7 Å². The summed E-state index contributed by atoms with van der Waals surface area (Å²) in [5.74, 6) is -5.45. The van der Waals surface area contributed by atoms with Crippen molar-refractivity contribution in [3.8, 4) is 22.3 Å². The van der Waals surface area contributed by atoms with Crippen LogP contribution in [0, 0.1) is 6.92 Å². The summed E-state index contributed by atoms with van der Waals surface area (Å²) in [4.78, 5) is 77.8. The minimum absolute atomic E-state index is 0.0580. The Labute approximate surface area is 525 Å². The number of nitrogens with zero attached hydrogens (tertiary/aromatic N) is 4. The average molecular weight is 1320 g/mol. The predicted octanol–water partition coefficient (Wildman–Crippen LogP) is 8.98. The second-order valence-electron chi connectivity index (χ2n) is 22.8. The molecular weight excluding hydrogens is 1250 g/mol. The number of aliphatic carboxylic acids is 1. The van der Waals surface area contributed by atoms with Crippen LogP contribution in [-0.2, 0) is 46.0 Å². The molecule has 0 radical (unpaired) electrons. The van der Waals surface area contributed by atoms with Crippen LogP contribution in [0.5, 0.6) is 0 Å². The monoisotopic (exact) mass is 1320 g/mol. The standard InChI is InChI=1S/C61H72N8O15S5/c1-9-12-15-23-68-48(60(5,6)42-32-38(54-40(52(42)68)27-35(4)85-54)36-28-44(56(72)62-10-2)66-45(29-36)57(73)63-11-3)18-17-19-49-61(7,8)43-33-39(55-41(34-51(86-55)89(82,83)84)53(43)69(49)24-16-13-14-20-50(70)71)37-30-46(58(74)64-21-25-87(76,77)78)67-47(31-37)59(75)65-22-26-88(79,80)81/h17-19,27-34H,9-16,20-26H2,1-8H3,(H7-,62,63,64,65,70,71,72,73,74,75,76,77,78,79,80,81,82,83,84)/p+1. The molecule has 8 N–H and O–H groups in total. The van der Waals surface area contributed by atoms with Gasteiger partial charge in [-0.05, 0) is 125 Å². The molecule has 0 fully saturated rings. The minimum Gasteiger partial charge on any atom is -0.481 e. The molecule has 4 amide bonds. The summed E-state index contributed by atoms with van der Waals surface area (Å²) in [6.07, 6.45) is 10.2. The summed E-state index contributed by atoms with van der Waals surface area (Å²) in [5.41, 5.74) is 4.65. The summed E-state index contributed by atoms with van der Waals surface area (Å²) in [6.45, 7) is 16.6. The number of allylic oxidation sites excluding steroid dienone is 4. The number of thiophene rings is 2. The molecule has 28 heteroatoms. The SMILES string of the molecule is CCCCC[N+]1=C(/C=C/C=C2/N(CCCCCC(=O)O)c3c(cc(-c4cc(C(=O)NCCS(=O)(=O)O)nc(C(=O)NCCS(=O)(=O)O)c4)c4sc(S(=O)(=O)O)cc34)C2(C)C)C(C)(C)c2cc(-c3cc(C(=O)NCC)nc(C(=O)NCC)c3)c3sc(C)cc3c21. The van der Waals surface area contributed by atoms with Crippen molar-refractivity contribution in [3.63, 3.8) is 0 Å². The Balaban J connectivity index is 1.31. The first-order valence-corrected chi connectivity index (χ1v) is 35.4. The van der Waals surface area contributed by atoms with Gasteiger partial charge in [0, 0.05) is 99.1 Å². The number of anilines is 1. The average Bonchev–Trinajstić information content (AvgIpc) is 1.60. The van der Waals surface area contributed by atoms with E-state index in [1.165, 1.54) is 18.2 Å². The molecule has 2 aliphatic rings. The fraction of sp³-hybridized carbons (Fsp3) is 0.410. The van der Waals surface area contributed by atoms with Crippen LogP contribution in [0.25, 0.3) is 42.4 Å². The lowest BCUT2D eigenvalue weighted by Gasteiger charge is -2.27. The quantitative estimate of drug-likeness (QED) is 0.0135. The molecule has 23 nitrogen and oxygen atoms in total. The highest BCUT2D eigenvalue weighted by Crippen LogP contribution is 2.56. The molecule has 0 aliphatic carbocycles. The summed E-state index contributed by atoms with van der Waals surface area (Å²) in [7, 11) is -13.9. The number of benzene rings is 2. The van der Waals surface area contributed by atoms with Gasteiger partial charge in [0.05, 0.1) is 28.0 Å². The van der Waals surface area contributed by atoms with Crippen LogP contribution in [0.2, 0.25) is 0 Å². The van der Waals surface area contributed by atoms with Gasteiger partial charge in [0.15, 0.2) is 5.71 Å². The van der Waals surface area contributed by atoms with Crippen LogP contribution < -0.4 is 26.2 Å². The van der Waals surface area contributed by atoms with Crippen LogP contribution in [0.4, 0.5) is 11.4 Å². The van der Waals surface area contributed by atoms with E-state index in [4.69, 9.17) is 0 Å². The predicted molar refractivity (Wildman–Crippen MR) is 344 cm³/mol. The third kappa shape index (κ3) is 15.1. The maximum atomic E-state index is 13.7. The Hall–Kier alpha value is -7.31. The van der Waals surface area contributed by atoms with Gasteiger partial charge >= 0.3 is 16.1 Å². The Kier molecular flexibility index (Phi) is 20.5. The normalized spacial score (nSPS) is 15.1. The van der Waals surface area contributed by atoms with Gasteiger partial charge < -0.3 is 31.3 Å². The number of carbonyl (C=O) groups excluding carboxylic acids is 4. The lowest BCUT2D eigenvalue weighted by atomic mass is 9.79. The van der Waals surface area contributed by atoms with Crippen LogP contribution in [0.1, 0.15) is 151 Å². The number of pyridine rings is 2. The van der Waals surface area contributed by atoms with Gasteiger partial charge in [-0.1, -0.05) is 39.7 Å². The highest BCUT2D eigenvalue weighted by Gasteiger charge is 2.47. The van der Waals surface area contributed by atoms with Crippen molar-refractivity contribution in [1.82, 2.24) is 31.2 Å². The molecule has 476 valence electrons. The van der Waals surface area contributed by atoms with Gasteiger partial charge in [-0.2, -0.15) is 29.8 Å². The van der Waals surface area contributed by atoms with E-state index < -0.39 is 111 Å². The third-order valence-electron chi connectivity index (χ3n) is 15.6. The molecule has 0 unspecified atom stereocenters. The lowest BCUT2D eigenvalue weighted by Crippen LogP contribution is -2.32. The van der Waals surface area contributed by atoms with Crippen molar-refractivity contribution in [2.45, 2.75) is 115 Å². The van der Waals surface area contributed by atoms with Crippen LogP contribution in [0.3, 0.4) is 0 Å². The van der Waals surface area contributed by atoms with Crippen molar-refractivity contribution in [1.29, 1.82) is 0 Å². The van der Waals surface area contributed by atoms with Gasteiger partial charge in [-0.15, -0.1) is 22.7 Å². The molecule has 0 spiro atoms. The van der Waals surface area contributed by atoms with Crippen molar-refractivity contribution in [2.24, 2.45) is 0 Å². The molecule has 8 rings (SSSR count). The summed E-state index contributed by atoms with van der Waals surface area (Å²) < 4.78 is 105.